The summed E-state index contributed by atoms with van der Waals surface area (Å²) in [4.78, 5) is 30.3. The summed E-state index contributed by atoms with van der Waals surface area (Å²) in [5.41, 5.74) is 7.31. The quantitative estimate of drug-likeness (QED) is 0.705. The number of carbonyl (C=O) groups excluding carboxylic acids is 1. The zero-order valence-electron chi connectivity index (χ0n) is 16.1. The van der Waals surface area contributed by atoms with E-state index in [4.69, 9.17) is 22.3 Å². The van der Waals surface area contributed by atoms with Gasteiger partial charge < -0.3 is 10.6 Å². The first-order valence-electron chi connectivity index (χ1n) is 9.80. The average Bonchev–Trinajstić information content (AvgIpc) is 3.47. The Balaban J connectivity index is 1.49. The summed E-state index contributed by atoms with van der Waals surface area (Å²) in [6, 6.07) is 5.63. The van der Waals surface area contributed by atoms with Crippen LogP contribution in [0, 0.1) is 0 Å². The van der Waals surface area contributed by atoms with Crippen molar-refractivity contribution >= 4 is 29.0 Å². The van der Waals surface area contributed by atoms with Crippen molar-refractivity contribution in [3.63, 3.8) is 0 Å². The van der Waals surface area contributed by atoms with E-state index in [1.165, 1.54) is 0 Å². The number of carbonyl (C=O) groups is 1. The number of nitrogens with zero attached hydrogens (tertiary/aromatic N) is 6. The largest absolute Gasteiger partial charge is 0.368 e. The van der Waals surface area contributed by atoms with Gasteiger partial charge in [-0.05, 0) is 38.0 Å². The molecule has 3 aromatic heterocycles. The molecule has 2 N–H and O–H groups in total. The standard InChI is InChI=1S/C20H22ClN7O/c1-12-18(19(22)29)27(14-3-4-14)9-8-26(12)17-6-7-23-20(25-17)15-10-24-16-5-2-13(21)11-28(15)16/h2,5-7,10-12,14,18H,3-4,8-9H2,1H3,(H2,22,29)/t12-,18-/m0/s1. The first-order valence-corrected chi connectivity index (χ1v) is 10.2. The minimum absolute atomic E-state index is 0.0683. The van der Waals surface area contributed by atoms with E-state index in [1.54, 1.807) is 24.7 Å². The number of nitrogens with two attached hydrogens (primary N) is 1. The Bertz CT molecular complexity index is 1080. The number of hydrogen-bond donors (Lipinski definition) is 1. The number of piperazine rings is 1. The molecule has 2 aliphatic rings. The molecule has 9 heteroatoms. The molecule has 1 saturated heterocycles. The zero-order chi connectivity index (χ0) is 20.1. The van der Waals surface area contributed by atoms with Crippen LogP contribution in [0.25, 0.3) is 17.2 Å². The molecule has 4 heterocycles. The third-order valence-electron chi connectivity index (χ3n) is 5.85. The number of hydrogen-bond acceptors (Lipinski definition) is 6. The lowest BCUT2D eigenvalue weighted by Crippen LogP contribution is -2.63. The van der Waals surface area contributed by atoms with Gasteiger partial charge >= 0.3 is 0 Å². The third-order valence-corrected chi connectivity index (χ3v) is 6.07. The molecule has 29 heavy (non-hydrogen) atoms. The Morgan fingerprint density at radius 2 is 2.03 bits per heavy atom. The number of fused-ring (bicyclic) bond motifs is 1. The number of amides is 1. The van der Waals surface area contributed by atoms with Gasteiger partial charge in [0.25, 0.3) is 0 Å². The lowest BCUT2D eigenvalue weighted by molar-refractivity contribution is -0.124. The van der Waals surface area contributed by atoms with Gasteiger partial charge in [0, 0.05) is 31.5 Å². The Labute approximate surface area is 173 Å². The Kier molecular flexibility index (Phi) is 4.40. The summed E-state index contributed by atoms with van der Waals surface area (Å²) >= 11 is 6.15. The summed E-state index contributed by atoms with van der Waals surface area (Å²) in [7, 11) is 0. The summed E-state index contributed by atoms with van der Waals surface area (Å²) in [6.07, 6.45) is 7.57. The lowest BCUT2D eigenvalue weighted by Gasteiger charge is -2.45. The van der Waals surface area contributed by atoms with Crippen LogP contribution in [0.2, 0.25) is 5.02 Å². The summed E-state index contributed by atoms with van der Waals surface area (Å²) in [6.45, 7) is 3.63. The molecule has 1 aliphatic carbocycles. The van der Waals surface area contributed by atoms with Crippen molar-refractivity contribution in [1.29, 1.82) is 0 Å². The molecule has 0 bridgehead atoms. The topological polar surface area (TPSA) is 92.7 Å². The van der Waals surface area contributed by atoms with Crippen molar-refractivity contribution in [3.8, 4) is 11.5 Å². The van der Waals surface area contributed by atoms with Crippen molar-refractivity contribution in [3.05, 3.63) is 41.8 Å². The van der Waals surface area contributed by atoms with Crippen LogP contribution in [0.3, 0.4) is 0 Å². The van der Waals surface area contributed by atoms with Crippen LogP contribution < -0.4 is 10.6 Å². The third kappa shape index (κ3) is 3.22. The van der Waals surface area contributed by atoms with Crippen LogP contribution in [0.15, 0.2) is 36.8 Å². The van der Waals surface area contributed by atoms with Crippen molar-refractivity contribution in [1.82, 2.24) is 24.3 Å². The maximum Gasteiger partial charge on any atom is 0.236 e. The van der Waals surface area contributed by atoms with Crippen molar-refractivity contribution < 1.29 is 4.79 Å². The van der Waals surface area contributed by atoms with Gasteiger partial charge in [-0.3, -0.25) is 14.1 Å². The maximum absolute atomic E-state index is 12.2. The average molecular weight is 412 g/mol. The van der Waals surface area contributed by atoms with E-state index in [2.05, 4.69) is 19.8 Å². The smallest absolute Gasteiger partial charge is 0.236 e. The van der Waals surface area contributed by atoms with Crippen LogP contribution >= 0.6 is 11.6 Å². The van der Waals surface area contributed by atoms with E-state index in [1.807, 2.05) is 23.5 Å². The second-order valence-corrected chi connectivity index (χ2v) is 8.14. The second kappa shape index (κ2) is 6.96. The molecule has 1 aliphatic heterocycles. The Morgan fingerprint density at radius 3 is 2.79 bits per heavy atom. The molecule has 1 amide bonds. The lowest BCUT2D eigenvalue weighted by atomic mass is 10.0. The highest BCUT2D eigenvalue weighted by atomic mass is 35.5. The normalized spacial score (nSPS) is 22.9. The van der Waals surface area contributed by atoms with Crippen LogP contribution in [-0.2, 0) is 4.79 Å². The number of rotatable bonds is 4. The summed E-state index contributed by atoms with van der Waals surface area (Å²) in [5.74, 6) is 1.06. The van der Waals surface area contributed by atoms with E-state index in [0.29, 0.717) is 16.9 Å². The van der Waals surface area contributed by atoms with Crippen LogP contribution in [-0.4, -0.2) is 61.4 Å². The summed E-state index contributed by atoms with van der Waals surface area (Å²) < 4.78 is 1.88. The zero-order valence-corrected chi connectivity index (χ0v) is 16.8. The molecule has 5 rings (SSSR count). The fourth-order valence-corrected chi connectivity index (χ4v) is 4.47. The van der Waals surface area contributed by atoms with Gasteiger partial charge in [-0.25, -0.2) is 15.0 Å². The molecule has 0 spiro atoms. The van der Waals surface area contributed by atoms with Gasteiger partial charge in [0.05, 0.1) is 17.3 Å². The van der Waals surface area contributed by atoms with Gasteiger partial charge in [-0.15, -0.1) is 0 Å². The molecular formula is C20H22ClN7O. The van der Waals surface area contributed by atoms with E-state index in [-0.39, 0.29) is 18.0 Å². The molecule has 0 unspecified atom stereocenters. The molecule has 2 fully saturated rings. The monoisotopic (exact) mass is 411 g/mol. The van der Waals surface area contributed by atoms with Crippen molar-refractivity contribution in [2.45, 2.75) is 37.9 Å². The SMILES string of the molecule is C[C@H]1[C@@H](C(N)=O)N(C2CC2)CCN1c1ccnc(-c2cnc3ccc(Cl)cn23)n1. The molecule has 8 nitrogen and oxygen atoms in total. The predicted octanol–water partition coefficient (Wildman–Crippen LogP) is 1.97. The fraction of sp³-hybridized carbons (Fsp3) is 0.400. The molecule has 3 aromatic rings. The van der Waals surface area contributed by atoms with Crippen molar-refractivity contribution in [2.75, 3.05) is 18.0 Å². The van der Waals surface area contributed by atoms with E-state index >= 15 is 0 Å². The maximum atomic E-state index is 12.2. The molecule has 0 aromatic carbocycles. The van der Waals surface area contributed by atoms with Gasteiger partial charge in [0.15, 0.2) is 5.82 Å². The summed E-state index contributed by atoms with van der Waals surface area (Å²) in [5, 5.41) is 0.613. The van der Waals surface area contributed by atoms with E-state index in [9.17, 15) is 4.79 Å². The molecule has 0 radical (unpaired) electrons. The van der Waals surface area contributed by atoms with Crippen LogP contribution in [0.4, 0.5) is 5.82 Å². The van der Waals surface area contributed by atoms with E-state index in [0.717, 1.165) is 43.1 Å². The molecular weight excluding hydrogens is 390 g/mol. The fourth-order valence-electron chi connectivity index (χ4n) is 4.31. The van der Waals surface area contributed by atoms with Crippen LogP contribution in [0.1, 0.15) is 19.8 Å². The minimum Gasteiger partial charge on any atom is -0.368 e. The number of anilines is 1. The van der Waals surface area contributed by atoms with Gasteiger partial charge in [-0.1, -0.05) is 11.6 Å². The number of pyridine rings is 1. The number of primary amides is 1. The Hall–Kier alpha value is -2.71. The second-order valence-electron chi connectivity index (χ2n) is 7.71. The molecule has 2 atom stereocenters. The van der Waals surface area contributed by atoms with Crippen molar-refractivity contribution in [2.24, 2.45) is 5.73 Å². The molecule has 150 valence electrons. The molecule has 1 saturated carbocycles. The van der Waals surface area contributed by atoms with E-state index < -0.39 is 0 Å². The number of halogens is 1. The predicted molar refractivity (Wildman–Crippen MR) is 111 cm³/mol. The van der Waals surface area contributed by atoms with Gasteiger partial charge in [-0.2, -0.15) is 0 Å². The van der Waals surface area contributed by atoms with Gasteiger partial charge in [0.2, 0.25) is 5.91 Å². The van der Waals surface area contributed by atoms with Crippen LogP contribution in [0.5, 0.6) is 0 Å². The Morgan fingerprint density at radius 1 is 1.21 bits per heavy atom. The first-order chi connectivity index (χ1) is 14.0. The highest BCUT2D eigenvalue weighted by Gasteiger charge is 2.44. The number of aromatic nitrogens is 4. The highest BCUT2D eigenvalue weighted by molar-refractivity contribution is 6.30. The minimum atomic E-state index is -0.315. The number of imidazole rings is 1. The van der Waals surface area contributed by atoms with Gasteiger partial charge in [0.1, 0.15) is 23.2 Å². The first kappa shape index (κ1) is 18.3. The highest BCUT2D eigenvalue weighted by Crippen LogP contribution is 2.33.